The van der Waals surface area contributed by atoms with Crippen LogP contribution in [-0.2, 0) is 11.1 Å². The Morgan fingerprint density at radius 2 is 1.97 bits per heavy atom. The molecule has 2 aromatic heterocycles. The standard InChI is InChI=1S/C22H20F4N4O2/c1-11(21(31)28-19-5-7-30(29-19)22(24,25)26)20-14-9-13(10-15(14)20)32-18-4-6-27-17-3-2-12(23)8-16(17)18/h2-8,11,13-15,20H,9-10H2,1H3,(H,28,29,31)/t11?,13-,14+,15-,20-. The SMILES string of the molecule is CC(C(=O)Nc1ccn(C(F)(F)F)n1)[C@H]1[C@@H]2C[C@H](Oc3ccnc4ccc(F)cc34)C[C@@H]21. The lowest BCUT2D eigenvalue weighted by atomic mass is 9.97. The Labute approximate surface area is 180 Å². The first-order valence-electron chi connectivity index (χ1n) is 10.4. The molecule has 6 nitrogen and oxygen atoms in total. The van der Waals surface area contributed by atoms with Crippen molar-refractivity contribution in [3.05, 3.63) is 48.5 Å². The maximum absolute atomic E-state index is 13.6. The van der Waals surface area contributed by atoms with E-state index in [-0.39, 0.29) is 40.2 Å². The molecule has 168 valence electrons. The third kappa shape index (κ3) is 3.78. The van der Waals surface area contributed by atoms with Crippen LogP contribution >= 0.6 is 0 Å². The molecular weight excluding hydrogens is 428 g/mol. The fraction of sp³-hybridized carbons (Fsp3) is 0.409. The predicted molar refractivity (Wildman–Crippen MR) is 107 cm³/mol. The quantitative estimate of drug-likeness (QED) is 0.574. The van der Waals surface area contributed by atoms with Crippen LogP contribution in [0.3, 0.4) is 0 Å². The molecule has 1 unspecified atom stereocenters. The molecule has 2 aliphatic rings. The van der Waals surface area contributed by atoms with Gasteiger partial charge in [0.15, 0.2) is 5.82 Å². The van der Waals surface area contributed by atoms with Crippen LogP contribution in [0.1, 0.15) is 19.8 Å². The third-order valence-electron chi connectivity index (χ3n) is 6.52. The molecular formula is C22H20F4N4O2. The zero-order chi connectivity index (χ0) is 22.6. The summed E-state index contributed by atoms with van der Waals surface area (Å²) in [6.45, 7) is 1.79. The van der Waals surface area contributed by atoms with E-state index in [1.54, 1.807) is 25.3 Å². The Bertz CT molecular complexity index is 1170. The summed E-state index contributed by atoms with van der Waals surface area (Å²) in [5.41, 5.74) is 0.656. The molecule has 0 spiro atoms. The van der Waals surface area contributed by atoms with E-state index in [1.165, 1.54) is 12.1 Å². The van der Waals surface area contributed by atoms with Gasteiger partial charge in [0.05, 0.1) is 11.6 Å². The van der Waals surface area contributed by atoms with Crippen molar-refractivity contribution in [2.45, 2.75) is 32.2 Å². The van der Waals surface area contributed by atoms with Gasteiger partial charge in [-0.2, -0.15) is 4.68 Å². The lowest BCUT2D eigenvalue weighted by Crippen LogP contribution is -2.26. The van der Waals surface area contributed by atoms with Crippen molar-refractivity contribution in [1.29, 1.82) is 0 Å². The molecule has 0 saturated heterocycles. The monoisotopic (exact) mass is 448 g/mol. The first-order chi connectivity index (χ1) is 15.2. The van der Waals surface area contributed by atoms with Gasteiger partial charge in [0.2, 0.25) is 5.91 Å². The second kappa shape index (κ2) is 7.46. The Balaban J connectivity index is 1.18. The lowest BCUT2D eigenvalue weighted by molar-refractivity contribution is -0.212. The molecule has 0 radical (unpaired) electrons. The van der Waals surface area contributed by atoms with Crippen molar-refractivity contribution in [2.24, 2.45) is 23.7 Å². The van der Waals surface area contributed by atoms with E-state index in [2.05, 4.69) is 15.4 Å². The molecule has 3 aromatic rings. The molecule has 0 bridgehead atoms. The minimum atomic E-state index is -4.62. The number of benzene rings is 1. The number of rotatable bonds is 5. The van der Waals surface area contributed by atoms with Gasteiger partial charge < -0.3 is 10.1 Å². The highest BCUT2D eigenvalue weighted by Crippen LogP contribution is 2.61. The van der Waals surface area contributed by atoms with Gasteiger partial charge in [0, 0.05) is 29.8 Å². The molecule has 2 heterocycles. The van der Waals surface area contributed by atoms with Crippen LogP contribution in [0.2, 0.25) is 0 Å². The number of carbonyl (C=O) groups is 1. The number of nitrogens with zero attached hydrogens (tertiary/aromatic N) is 3. The van der Waals surface area contributed by atoms with E-state index < -0.39 is 6.30 Å². The number of hydrogen-bond donors (Lipinski definition) is 1. The van der Waals surface area contributed by atoms with Gasteiger partial charge in [-0.25, -0.2) is 4.39 Å². The average Bonchev–Trinajstić information content (AvgIpc) is 3.08. The number of fused-ring (bicyclic) bond motifs is 2. The van der Waals surface area contributed by atoms with Crippen LogP contribution in [0.25, 0.3) is 10.9 Å². The molecule has 0 aliphatic heterocycles. The van der Waals surface area contributed by atoms with Gasteiger partial charge in [-0.1, -0.05) is 6.92 Å². The highest BCUT2D eigenvalue weighted by atomic mass is 19.4. The number of pyridine rings is 1. The zero-order valence-corrected chi connectivity index (χ0v) is 17.0. The Hall–Kier alpha value is -3.17. The van der Waals surface area contributed by atoms with Gasteiger partial charge in [-0.05, 0) is 54.9 Å². The largest absolute Gasteiger partial charge is 0.504 e. The summed E-state index contributed by atoms with van der Waals surface area (Å²) < 4.78 is 57.6. The maximum atomic E-state index is 13.6. The summed E-state index contributed by atoms with van der Waals surface area (Å²) in [4.78, 5) is 16.7. The van der Waals surface area contributed by atoms with Crippen LogP contribution < -0.4 is 10.1 Å². The smallest absolute Gasteiger partial charge is 0.490 e. The number of nitrogens with one attached hydrogen (secondary N) is 1. The van der Waals surface area contributed by atoms with E-state index in [0.717, 1.165) is 25.1 Å². The van der Waals surface area contributed by atoms with Crippen LogP contribution in [0.5, 0.6) is 5.75 Å². The highest BCUT2D eigenvalue weighted by Gasteiger charge is 2.59. The number of anilines is 1. The average molecular weight is 448 g/mol. The van der Waals surface area contributed by atoms with Crippen molar-refractivity contribution in [1.82, 2.24) is 14.8 Å². The highest BCUT2D eigenvalue weighted by molar-refractivity contribution is 5.92. The van der Waals surface area contributed by atoms with Crippen LogP contribution in [-0.4, -0.2) is 26.8 Å². The number of ether oxygens (including phenoxy) is 1. The number of carbonyl (C=O) groups excluding carboxylic acids is 1. The lowest BCUT2D eigenvalue weighted by Gasteiger charge is -2.20. The van der Waals surface area contributed by atoms with Crippen LogP contribution in [0, 0.1) is 29.5 Å². The first kappa shape index (κ1) is 20.7. The number of aromatic nitrogens is 3. The summed E-state index contributed by atoms with van der Waals surface area (Å²) in [6, 6.07) is 7.21. The molecule has 2 fully saturated rings. The Morgan fingerprint density at radius 1 is 1.22 bits per heavy atom. The Morgan fingerprint density at radius 3 is 2.66 bits per heavy atom. The molecule has 1 aromatic carbocycles. The summed E-state index contributed by atoms with van der Waals surface area (Å²) in [6.07, 6.45) is -0.719. The maximum Gasteiger partial charge on any atom is 0.504 e. The third-order valence-corrected chi connectivity index (χ3v) is 6.52. The molecule has 10 heteroatoms. The van der Waals surface area contributed by atoms with E-state index in [4.69, 9.17) is 4.74 Å². The Kier molecular flexibility index (Phi) is 4.83. The first-order valence-corrected chi connectivity index (χ1v) is 10.4. The molecule has 1 amide bonds. The van der Waals surface area contributed by atoms with Gasteiger partial charge in [-0.3, -0.25) is 9.78 Å². The van der Waals surface area contributed by atoms with Gasteiger partial charge in [-0.15, -0.1) is 18.3 Å². The fourth-order valence-electron chi connectivity index (χ4n) is 5.00. The van der Waals surface area contributed by atoms with E-state index in [1.807, 2.05) is 0 Å². The second-order valence-electron chi connectivity index (χ2n) is 8.48. The van der Waals surface area contributed by atoms with Gasteiger partial charge in [0.1, 0.15) is 11.6 Å². The number of alkyl halides is 3. The van der Waals surface area contributed by atoms with Crippen LogP contribution in [0.15, 0.2) is 42.7 Å². The normalized spacial score (nSPS) is 25.4. The van der Waals surface area contributed by atoms with Crippen molar-refractivity contribution >= 4 is 22.6 Å². The van der Waals surface area contributed by atoms with Gasteiger partial charge in [0.25, 0.3) is 0 Å². The minimum Gasteiger partial charge on any atom is -0.490 e. The summed E-state index contributed by atoms with van der Waals surface area (Å²) in [7, 11) is 0. The van der Waals surface area contributed by atoms with Crippen molar-refractivity contribution in [3.8, 4) is 5.75 Å². The van der Waals surface area contributed by atoms with Crippen molar-refractivity contribution < 1.29 is 27.1 Å². The minimum absolute atomic E-state index is 0.0344. The van der Waals surface area contributed by atoms with Crippen molar-refractivity contribution in [2.75, 3.05) is 5.32 Å². The topological polar surface area (TPSA) is 69.0 Å². The molecule has 2 aliphatic carbocycles. The molecule has 1 N–H and O–H groups in total. The summed E-state index contributed by atoms with van der Waals surface area (Å²) in [5, 5.41) is 6.45. The second-order valence-corrected chi connectivity index (χ2v) is 8.48. The molecule has 32 heavy (non-hydrogen) atoms. The summed E-state index contributed by atoms with van der Waals surface area (Å²) >= 11 is 0. The van der Waals surface area contributed by atoms with Crippen molar-refractivity contribution in [3.63, 3.8) is 0 Å². The zero-order valence-electron chi connectivity index (χ0n) is 17.0. The number of amides is 1. The van der Waals surface area contributed by atoms with E-state index in [9.17, 15) is 22.4 Å². The van der Waals surface area contributed by atoms with E-state index >= 15 is 0 Å². The van der Waals surface area contributed by atoms with Gasteiger partial charge >= 0.3 is 6.30 Å². The number of halogens is 4. The molecule has 2 saturated carbocycles. The van der Waals surface area contributed by atoms with Crippen LogP contribution in [0.4, 0.5) is 23.4 Å². The van der Waals surface area contributed by atoms with E-state index in [0.29, 0.717) is 28.5 Å². The molecule has 5 rings (SSSR count). The number of hydrogen-bond acceptors (Lipinski definition) is 4. The summed E-state index contributed by atoms with van der Waals surface area (Å²) in [5.74, 6) is 0.210. The predicted octanol–water partition coefficient (Wildman–Crippen LogP) is 4.72. The molecule has 5 atom stereocenters. The fourth-order valence-corrected chi connectivity index (χ4v) is 5.00.